The van der Waals surface area contributed by atoms with Gasteiger partial charge in [0.15, 0.2) is 5.96 Å². The SMILES string of the molecule is CCC(NC(N)=NCCCc1cnc[nH]1)SCc1nc[nH]c1C. The Hall–Kier alpha value is -1.96. The van der Waals surface area contributed by atoms with Crippen LogP contribution in [0.3, 0.4) is 0 Å². The van der Waals surface area contributed by atoms with Crippen molar-refractivity contribution in [1.82, 2.24) is 25.3 Å². The molecule has 0 aliphatic carbocycles. The molecule has 23 heavy (non-hydrogen) atoms. The summed E-state index contributed by atoms with van der Waals surface area (Å²) in [5, 5.41) is 3.51. The van der Waals surface area contributed by atoms with Gasteiger partial charge in [-0.3, -0.25) is 4.99 Å². The number of imidazole rings is 2. The first kappa shape index (κ1) is 17.4. The normalized spacial score (nSPS) is 13.2. The number of H-pyrrole nitrogens is 2. The molecule has 0 amide bonds. The standard InChI is InChI=1S/C15H25N7S/c1-3-14(23-8-13-11(2)19-10-21-13)22-15(16)18-6-4-5-12-7-17-9-20-12/h7,9-10,14H,3-6,8H2,1-2H3,(H,17,20)(H,19,21)(H3,16,18,22). The highest BCUT2D eigenvalue weighted by molar-refractivity contribution is 7.99. The summed E-state index contributed by atoms with van der Waals surface area (Å²) in [6, 6.07) is 0. The van der Waals surface area contributed by atoms with Crippen LogP contribution >= 0.6 is 11.8 Å². The van der Waals surface area contributed by atoms with Crippen LogP contribution < -0.4 is 11.1 Å². The predicted molar refractivity (Wildman–Crippen MR) is 95.2 cm³/mol. The highest BCUT2D eigenvalue weighted by Gasteiger charge is 2.10. The van der Waals surface area contributed by atoms with Crippen molar-refractivity contribution in [2.45, 2.75) is 44.2 Å². The molecule has 2 heterocycles. The highest BCUT2D eigenvalue weighted by atomic mass is 32.2. The summed E-state index contributed by atoms with van der Waals surface area (Å²) in [5.41, 5.74) is 9.31. The Balaban J connectivity index is 1.69. The number of hydrogen-bond donors (Lipinski definition) is 4. The van der Waals surface area contributed by atoms with Crippen LogP contribution in [0.15, 0.2) is 23.8 Å². The van der Waals surface area contributed by atoms with Gasteiger partial charge in [0.1, 0.15) is 0 Å². The van der Waals surface area contributed by atoms with E-state index in [1.807, 2.05) is 13.1 Å². The Kier molecular flexibility index (Phi) is 6.99. The fourth-order valence-corrected chi connectivity index (χ4v) is 3.16. The monoisotopic (exact) mass is 335 g/mol. The quantitative estimate of drug-likeness (QED) is 0.242. The smallest absolute Gasteiger partial charge is 0.189 e. The zero-order chi connectivity index (χ0) is 16.5. The van der Waals surface area contributed by atoms with Gasteiger partial charge in [0, 0.05) is 29.9 Å². The largest absolute Gasteiger partial charge is 0.370 e. The van der Waals surface area contributed by atoms with Crippen molar-refractivity contribution in [2.75, 3.05) is 6.54 Å². The average molecular weight is 335 g/mol. The van der Waals surface area contributed by atoms with Crippen molar-refractivity contribution in [3.05, 3.63) is 35.9 Å². The predicted octanol–water partition coefficient (Wildman–Crippen LogP) is 1.95. The van der Waals surface area contributed by atoms with Gasteiger partial charge in [0.2, 0.25) is 0 Å². The molecule has 0 spiro atoms. The molecule has 126 valence electrons. The van der Waals surface area contributed by atoms with Gasteiger partial charge < -0.3 is 21.0 Å². The first-order chi connectivity index (χ1) is 11.2. The van der Waals surface area contributed by atoms with Crippen molar-refractivity contribution in [2.24, 2.45) is 10.7 Å². The van der Waals surface area contributed by atoms with Gasteiger partial charge in [-0.2, -0.15) is 0 Å². The average Bonchev–Trinajstić information content (AvgIpc) is 3.20. The van der Waals surface area contributed by atoms with Crippen molar-refractivity contribution in [3.8, 4) is 0 Å². The minimum Gasteiger partial charge on any atom is -0.370 e. The van der Waals surface area contributed by atoms with Gasteiger partial charge in [0.25, 0.3) is 0 Å². The molecule has 1 unspecified atom stereocenters. The number of nitrogens with two attached hydrogens (primary N) is 1. The minimum atomic E-state index is 0.238. The molecule has 0 saturated heterocycles. The molecule has 2 rings (SSSR count). The maximum atomic E-state index is 5.97. The van der Waals surface area contributed by atoms with Crippen molar-refractivity contribution >= 4 is 17.7 Å². The van der Waals surface area contributed by atoms with E-state index < -0.39 is 0 Å². The van der Waals surface area contributed by atoms with Crippen LogP contribution in [0.1, 0.15) is 36.8 Å². The molecule has 0 aromatic carbocycles. The van der Waals surface area contributed by atoms with Crippen LogP contribution in [0.2, 0.25) is 0 Å². The summed E-state index contributed by atoms with van der Waals surface area (Å²) in [6.45, 7) is 4.87. The van der Waals surface area contributed by atoms with Crippen molar-refractivity contribution in [3.63, 3.8) is 0 Å². The highest BCUT2D eigenvalue weighted by Crippen LogP contribution is 2.18. The Labute approximate surface area is 141 Å². The number of aromatic nitrogens is 4. The number of hydrogen-bond acceptors (Lipinski definition) is 4. The zero-order valence-corrected chi connectivity index (χ0v) is 14.5. The Morgan fingerprint density at radius 1 is 1.43 bits per heavy atom. The molecule has 0 saturated carbocycles. The number of aliphatic imine (C=N–C) groups is 1. The van der Waals surface area contributed by atoms with E-state index >= 15 is 0 Å². The molecule has 2 aromatic rings. The first-order valence-corrected chi connectivity index (χ1v) is 8.88. The van der Waals surface area contributed by atoms with Crippen LogP contribution in [-0.4, -0.2) is 37.8 Å². The van der Waals surface area contributed by atoms with Crippen molar-refractivity contribution < 1.29 is 0 Å². The number of thioether (sulfide) groups is 1. The van der Waals surface area contributed by atoms with Crippen molar-refractivity contribution in [1.29, 1.82) is 0 Å². The molecule has 0 aliphatic rings. The van der Waals surface area contributed by atoms with Gasteiger partial charge in [-0.05, 0) is 26.2 Å². The van der Waals surface area contributed by atoms with Gasteiger partial charge in [-0.1, -0.05) is 6.92 Å². The molecule has 0 aliphatic heterocycles. The molecular weight excluding hydrogens is 310 g/mol. The lowest BCUT2D eigenvalue weighted by atomic mass is 10.2. The lowest BCUT2D eigenvalue weighted by molar-refractivity contribution is 0.758. The second kappa shape index (κ2) is 9.24. The van der Waals surface area contributed by atoms with E-state index in [1.165, 1.54) is 0 Å². The summed E-state index contributed by atoms with van der Waals surface area (Å²) in [4.78, 5) is 18.9. The van der Waals surface area contributed by atoms with Gasteiger partial charge >= 0.3 is 0 Å². The molecule has 0 bridgehead atoms. The Bertz CT molecular complexity index is 591. The maximum Gasteiger partial charge on any atom is 0.189 e. The number of aromatic amines is 2. The number of rotatable bonds is 9. The molecule has 0 radical (unpaired) electrons. The molecule has 1 atom stereocenters. The lowest BCUT2D eigenvalue weighted by Crippen LogP contribution is -2.38. The number of guanidine groups is 1. The lowest BCUT2D eigenvalue weighted by Gasteiger charge is -2.16. The van der Waals surface area contributed by atoms with Crippen LogP contribution in [-0.2, 0) is 12.2 Å². The maximum absolute atomic E-state index is 5.97. The van der Waals surface area contributed by atoms with E-state index in [4.69, 9.17) is 5.73 Å². The summed E-state index contributed by atoms with van der Waals surface area (Å²) >= 11 is 1.79. The Morgan fingerprint density at radius 3 is 2.96 bits per heavy atom. The van der Waals surface area contributed by atoms with Gasteiger partial charge in [-0.15, -0.1) is 11.8 Å². The fourth-order valence-electron chi connectivity index (χ4n) is 2.07. The zero-order valence-electron chi connectivity index (χ0n) is 13.7. The molecule has 0 fully saturated rings. The number of aryl methyl sites for hydroxylation is 2. The van der Waals surface area contributed by atoms with E-state index in [-0.39, 0.29) is 5.37 Å². The van der Waals surface area contributed by atoms with Gasteiger partial charge in [0.05, 0.1) is 23.7 Å². The number of nitrogens with one attached hydrogen (secondary N) is 3. The second-order valence-corrected chi connectivity index (χ2v) is 6.46. The number of nitrogens with zero attached hydrogens (tertiary/aromatic N) is 3. The van der Waals surface area contributed by atoms with E-state index in [0.29, 0.717) is 12.5 Å². The van der Waals surface area contributed by atoms with Crippen LogP contribution in [0, 0.1) is 6.92 Å². The topological polar surface area (TPSA) is 108 Å². The van der Waals surface area contributed by atoms with Crippen LogP contribution in [0.4, 0.5) is 0 Å². The van der Waals surface area contributed by atoms with Crippen LogP contribution in [0.25, 0.3) is 0 Å². The Morgan fingerprint density at radius 2 is 2.30 bits per heavy atom. The second-order valence-electron chi connectivity index (χ2n) is 5.27. The molecule has 7 nitrogen and oxygen atoms in total. The molecule has 8 heteroatoms. The first-order valence-electron chi connectivity index (χ1n) is 7.83. The minimum absolute atomic E-state index is 0.238. The summed E-state index contributed by atoms with van der Waals surface area (Å²) < 4.78 is 0. The summed E-state index contributed by atoms with van der Waals surface area (Å²) in [6.07, 6.45) is 8.11. The third kappa shape index (κ3) is 5.97. The van der Waals surface area contributed by atoms with Crippen LogP contribution in [0.5, 0.6) is 0 Å². The molecule has 2 aromatic heterocycles. The van der Waals surface area contributed by atoms with E-state index in [0.717, 1.165) is 42.1 Å². The third-order valence-corrected chi connectivity index (χ3v) is 4.77. The molecule has 5 N–H and O–H groups in total. The summed E-state index contributed by atoms with van der Waals surface area (Å²) in [7, 11) is 0. The third-order valence-electron chi connectivity index (χ3n) is 3.48. The van der Waals surface area contributed by atoms with Gasteiger partial charge in [-0.25, -0.2) is 9.97 Å². The van der Waals surface area contributed by atoms with E-state index in [9.17, 15) is 0 Å². The summed E-state index contributed by atoms with van der Waals surface area (Å²) in [5.74, 6) is 1.36. The van der Waals surface area contributed by atoms with E-state index in [2.05, 4.69) is 37.2 Å². The fraction of sp³-hybridized carbons (Fsp3) is 0.533. The molecular formula is C15H25N7S. The van der Waals surface area contributed by atoms with E-state index in [1.54, 1.807) is 24.4 Å².